The second-order valence-electron chi connectivity index (χ2n) is 18.2. The molecule has 19 atom stereocenters. The summed E-state index contributed by atoms with van der Waals surface area (Å²) in [6, 6.07) is 3.76. The summed E-state index contributed by atoms with van der Waals surface area (Å²) < 4.78 is 31.0. The highest BCUT2D eigenvalue weighted by atomic mass is 16.7. The van der Waals surface area contributed by atoms with Gasteiger partial charge >= 0.3 is 0 Å². The lowest BCUT2D eigenvalue weighted by Gasteiger charge is -2.49. The third-order valence-corrected chi connectivity index (χ3v) is 14.0. The molecule has 4 aliphatic rings. The highest BCUT2D eigenvalue weighted by Gasteiger charge is 2.52. The van der Waals surface area contributed by atoms with Crippen molar-refractivity contribution >= 4 is 11.0 Å². The van der Waals surface area contributed by atoms with Crippen molar-refractivity contribution in [2.45, 2.75) is 119 Å². The van der Waals surface area contributed by atoms with Gasteiger partial charge in [-0.3, -0.25) is 4.79 Å². The maximum atomic E-state index is 14.3. The minimum atomic E-state index is -1.79. The Labute approximate surface area is 377 Å². The van der Waals surface area contributed by atoms with Gasteiger partial charge in [-0.15, -0.1) is 0 Å². The van der Waals surface area contributed by atoms with Gasteiger partial charge in [-0.25, -0.2) is 0 Å². The summed E-state index contributed by atoms with van der Waals surface area (Å²) in [7, 11) is 0. The first-order chi connectivity index (χ1) is 31.3. The molecule has 0 bridgehead atoms. The van der Waals surface area contributed by atoms with Crippen molar-refractivity contribution in [3.05, 3.63) is 52.2 Å². The maximum Gasteiger partial charge on any atom is 0.239 e. The van der Waals surface area contributed by atoms with E-state index < -0.39 is 168 Å². The highest BCUT2D eigenvalue weighted by Crippen LogP contribution is 2.43. The van der Waals surface area contributed by atoms with Crippen LogP contribution in [0.1, 0.15) is 33.6 Å². The molecule has 3 aromatic rings. The largest absolute Gasteiger partial charge is 0.508 e. The molecule has 0 spiro atoms. The second-order valence-corrected chi connectivity index (χ2v) is 18.2. The van der Waals surface area contributed by atoms with Crippen molar-refractivity contribution in [3.8, 4) is 40.1 Å². The molecular weight excluding hydrogens is 874 g/mol. The number of nitrogens with one attached hydrogen (secondary N) is 1. The number of aliphatic hydroxyl groups excluding tert-OH is 10. The molecule has 2 heterocycles. The molecule has 1 aliphatic heterocycles. The van der Waals surface area contributed by atoms with E-state index in [0.29, 0.717) is 5.57 Å². The van der Waals surface area contributed by atoms with Crippen LogP contribution in [0.5, 0.6) is 28.7 Å². The van der Waals surface area contributed by atoms with Gasteiger partial charge in [-0.05, 0) is 55.4 Å². The second kappa shape index (κ2) is 20.2. The summed E-state index contributed by atoms with van der Waals surface area (Å²) in [5.41, 5.74) is -0.939. The van der Waals surface area contributed by atoms with E-state index in [9.17, 15) is 76.3 Å². The first-order valence-corrected chi connectivity index (χ1v) is 22.0. The summed E-state index contributed by atoms with van der Waals surface area (Å²) in [6.45, 7) is 2.98. The van der Waals surface area contributed by atoms with Crippen LogP contribution in [0.2, 0.25) is 0 Å². The van der Waals surface area contributed by atoms with E-state index in [0.717, 1.165) is 24.3 Å². The first kappa shape index (κ1) is 49.7. The van der Waals surface area contributed by atoms with Crippen LogP contribution in [0.3, 0.4) is 0 Å². The predicted octanol–water partition coefficient (Wildman–Crippen LogP) is -1.76. The zero-order valence-electron chi connectivity index (χ0n) is 36.4. The summed E-state index contributed by atoms with van der Waals surface area (Å²) in [4.78, 5) is 14.3. The molecule has 0 radical (unpaired) electrons. The summed E-state index contributed by atoms with van der Waals surface area (Å²) >= 11 is 0. The first-order valence-electron chi connectivity index (χ1n) is 22.0. The van der Waals surface area contributed by atoms with E-state index in [1.807, 2.05) is 0 Å². The van der Waals surface area contributed by atoms with Crippen LogP contribution in [0.25, 0.3) is 22.3 Å². The zero-order valence-corrected chi connectivity index (χ0v) is 36.4. The van der Waals surface area contributed by atoms with E-state index in [-0.39, 0.29) is 43.0 Å². The average Bonchev–Trinajstić information content (AvgIpc) is 3.27. The van der Waals surface area contributed by atoms with Crippen molar-refractivity contribution in [3.63, 3.8) is 0 Å². The molecule has 66 heavy (non-hydrogen) atoms. The van der Waals surface area contributed by atoms with E-state index in [4.69, 9.17) is 23.4 Å². The Balaban J connectivity index is 1.20. The number of phenolic OH excluding ortho intramolecular Hbond substituents is 4. The minimum Gasteiger partial charge on any atom is -0.508 e. The van der Waals surface area contributed by atoms with Crippen molar-refractivity contribution in [2.75, 3.05) is 26.4 Å². The van der Waals surface area contributed by atoms with Gasteiger partial charge in [0.1, 0.15) is 53.0 Å². The number of rotatable bonds is 13. The molecule has 3 fully saturated rings. The molecule has 366 valence electrons. The van der Waals surface area contributed by atoms with E-state index >= 15 is 0 Å². The lowest BCUT2D eigenvalue weighted by molar-refractivity contribution is -0.311. The van der Waals surface area contributed by atoms with Gasteiger partial charge in [-0.1, -0.05) is 19.9 Å². The standard InChI is InChI=1S/C45H61NO20/c1-16-6-31(37(57)40(60)34(16)54)62-15-21-9-29(64-44-38(58)32-28(53)10-22(50)11-30(32)65-43(44)19-4-5-26(51)27(52)8-19)24(14-49)36(56)42(21)66-45-41(61)39(59)33(18(3)63-45)46-25-7-20(12-47)35(55)17(2)23(25)13-48/h4-5,7-8,10-11,16-18,21,23-25,29,31,33-37,39-42,45-57,59-61H,6,9,12-15H2,1-3H3/t16-,17?,18-,21?,23?,24+,25?,29?,31?,33?,34?,35?,36?,37+,39+,40-,41?,42-,45-/m1/s1. The van der Waals surface area contributed by atoms with Crippen molar-refractivity contribution < 1.29 is 94.9 Å². The molecule has 21 heteroatoms. The number of ether oxygens (including phenoxy) is 4. The lowest BCUT2D eigenvalue weighted by atomic mass is 9.75. The topological polar surface area (TPSA) is 362 Å². The fourth-order valence-corrected chi connectivity index (χ4v) is 9.97. The molecule has 7 rings (SSSR count). The molecule has 2 aromatic carbocycles. The Morgan fingerprint density at radius 1 is 0.758 bits per heavy atom. The number of phenols is 4. The molecule has 11 unspecified atom stereocenters. The quantitative estimate of drug-likeness (QED) is 0.0667. The van der Waals surface area contributed by atoms with Crippen LogP contribution in [0, 0.1) is 29.6 Å². The average molecular weight is 936 g/mol. The fourth-order valence-electron chi connectivity index (χ4n) is 9.97. The van der Waals surface area contributed by atoms with Gasteiger partial charge in [0.05, 0.1) is 62.5 Å². The van der Waals surface area contributed by atoms with Gasteiger partial charge in [0.15, 0.2) is 23.5 Å². The maximum absolute atomic E-state index is 14.3. The van der Waals surface area contributed by atoms with Gasteiger partial charge in [0.25, 0.3) is 0 Å². The van der Waals surface area contributed by atoms with Crippen LogP contribution in [-0.4, -0.2) is 183 Å². The minimum absolute atomic E-state index is 0.00230. The number of fused-ring (bicyclic) bond motifs is 1. The Hall–Kier alpha value is -4.17. The Morgan fingerprint density at radius 3 is 2.14 bits per heavy atom. The molecular formula is C45H61NO20. The molecule has 21 nitrogen and oxygen atoms in total. The lowest BCUT2D eigenvalue weighted by Crippen LogP contribution is -2.66. The summed E-state index contributed by atoms with van der Waals surface area (Å²) in [6.07, 6.45) is -15.3. The van der Waals surface area contributed by atoms with Crippen LogP contribution in [0.15, 0.2) is 51.2 Å². The Morgan fingerprint density at radius 2 is 1.47 bits per heavy atom. The number of aliphatic hydroxyl groups is 10. The van der Waals surface area contributed by atoms with Gasteiger partial charge < -0.3 is 100 Å². The number of aromatic hydroxyl groups is 4. The molecule has 2 saturated carbocycles. The monoisotopic (exact) mass is 935 g/mol. The SMILES string of the molecule is CC1C(O)C(CO)=CC(NC2[C@H](O)C(O)[C@@H](O[C@@H]3C(COC4C[C@@H](C)C(O)[C@@H](O)[C@H]4O)CC(Oc4c(-c5ccc(O)c(O)c5)oc5cc(O)cc(O)c5c4=O)[C@H](CO)C3O)O[C@@H]2C)C1CO. The number of benzene rings is 2. The Kier molecular flexibility index (Phi) is 15.2. The number of hydrogen-bond donors (Lipinski definition) is 15. The third-order valence-electron chi connectivity index (χ3n) is 14.0. The van der Waals surface area contributed by atoms with Crippen molar-refractivity contribution in [1.29, 1.82) is 0 Å². The molecule has 1 saturated heterocycles. The van der Waals surface area contributed by atoms with Gasteiger partial charge in [-0.2, -0.15) is 0 Å². The van der Waals surface area contributed by atoms with E-state index in [1.165, 1.54) is 6.07 Å². The van der Waals surface area contributed by atoms with Gasteiger partial charge in [0.2, 0.25) is 11.2 Å². The summed E-state index contributed by atoms with van der Waals surface area (Å²) in [5, 5.41) is 153. The third kappa shape index (κ3) is 9.48. The van der Waals surface area contributed by atoms with Crippen LogP contribution < -0.4 is 15.5 Å². The van der Waals surface area contributed by atoms with Crippen molar-refractivity contribution in [2.24, 2.45) is 29.6 Å². The zero-order chi connectivity index (χ0) is 48.0. The Bertz CT molecular complexity index is 2260. The molecule has 15 N–H and O–H groups in total. The number of hydrogen-bond acceptors (Lipinski definition) is 21. The van der Waals surface area contributed by atoms with Gasteiger partial charge in [0, 0.05) is 48.1 Å². The smallest absolute Gasteiger partial charge is 0.239 e. The predicted molar refractivity (Wildman–Crippen MR) is 228 cm³/mol. The molecule has 1 aromatic heterocycles. The highest BCUT2D eigenvalue weighted by molar-refractivity contribution is 5.88. The van der Waals surface area contributed by atoms with Crippen LogP contribution in [0.4, 0.5) is 0 Å². The van der Waals surface area contributed by atoms with E-state index in [1.54, 1.807) is 26.8 Å². The molecule has 0 amide bonds. The normalized spacial score (nSPS) is 38.6. The van der Waals surface area contributed by atoms with E-state index in [2.05, 4.69) is 5.32 Å². The van der Waals surface area contributed by atoms with Crippen LogP contribution >= 0.6 is 0 Å². The fraction of sp³-hybridized carbons (Fsp3) is 0.622. The molecule has 3 aliphatic carbocycles. The van der Waals surface area contributed by atoms with Crippen molar-refractivity contribution in [1.82, 2.24) is 5.32 Å². The van der Waals surface area contributed by atoms with Crippen LogP contribution in [-0.2, 0) is 14.2 Å². The summed E-state index contributed by atoms with van der Waals surface area (Å²) in [5.74, 6) is -7.00.